The standard InChI is InChI=1S/C17H17ClN4O5/c1-3-17(2)15(25)22(16(26)21-17)8-14(24)27-9-13(23)20-12-6-11(18)5-4-10(12)7-19/h4-6H,3,8-9H2,1-2H3,(H,20,23)(H,21,26)/t17-/m0/s1. The Bertz CT molecular complexity index is 850. The van der Waals surface area contributed by atoms with Crippen LogP contribution >= 0.6 is 11.6 Å². The van der Waals surface area contributed by atoms with Gasteiger partial charge < -0.3 is 15.4 Å². The summed E-state index contributed by atoms with van der Waals surface area (Å²) >= 11 is 5.82. The predicted molar refractivity (Wildman–Crippen MR) is 94.7 cm³/mol. The third-order valence-electron chi connectivity index (χ3n) is 4.08. The van der Waals surface area contributed by atoms with Crippen molar-refractivity contribution in [2.75, 3.05) is 18.5 Å². The highest BCUT2D eigenvalue weighted by molar-refractivity contribution is 6.31. The third kappa shape index (κ3) is 4.54. The van der Waals surface area contributed by atoms with Gasteiger partial charge in [-0.05, 0) is 31.5 Å². The smallest absolute Gasteiger partial charge is 0.326 e. The number of hydrogen-bond acceptors (Lipinski definition) is 6. The van der Waals surface area contributed by atoms with E-state index in [1.54, 1.807) is 13.8 Å². The number of nitrogens with one attached hydrogen (secondary N) is 2. The summed E-state index contributed by atoms with van der Waals surface area (Å²) in [5.41, 5.74) is -0.689. The molecule has 1 fully saturated rings. The second-order valence-corrected chi connectivity index (χ2v) is 6.45. The Labute approximate surface area is 160 Å². The number of anilines is 1. The molecule has 27 heavy (non-hydrogen) atoms. The molecule has 0 spiro atoms. The van der Waals surface area contributed by atoms with Crippen molar-refractivity contribution in [3.8, 4) is 6.07 Å². The number of nitrogens with zero attached hydrogens (tertiary/aromatic N) is 2. The number of nitriles is 1. The molecule has 1 aromatic rings. The Morgan fingerprint density at radius 3 is 2.70 bits per heavy atom. The van der Waals surface area contributed by atoms with Crippen LogP contribution in [0, 0.1) is 11.3 Å². The van der Waals surface area contributed by atoms with Gasteiger partial charge in [0.25, 0.3) is 11.8 Å². The van der Waals surface area contributed by atoms with Crippen molar-refractivity contribution in [2.24, 2.45) is 0 Å². The molecule has 142 valence electrons. The summed E-state index contributed by atoms with van der Waals surface area (Å²) in [4.78, 5) is 48.6. The molecule has 1 aromatic carbocycles. The number of esters is 1. The van der Waals surface area contributed by atoms with Crippen LogP contribution in [0.15, 0.2) is 18.2 Å². The fourth-order valence-corrected chi connectivity index (χ4v) is 2.53. The zero-order chi connectivity index (χ0) is 20.2. The largest absolute Gasteiger partial charge is 0.454 e. The van der Waals surface area contributed by atoms with Crippen LogP contribution in [0.2, 0.25) is 5.02 Å². The molecule has 1 aliphatic heterocycles. The monoisotopic (exact) mass is 392 g/mol. The maximum Gasteiger partial charge on any atom is 0.326 e. The Balaban J connectivity index is 1.90. The van der Waals surface area contributed by atoms with Crippen molar-refractivity contribution >= 4 is 41.1 Å². The first-order valence-electron chi connectivity index (χ1n) is 7.99. The lowest BCUT2D eigenvalue weighted by Gasteiger charge is -2.18. The first kappa shape index (κ1) is 20.2. The summed E-state index contributed by atoms with van der Waals surface area (Å²) in [6.45, 7) is 2.04. The van der Waals surface area contributed by atoms with Crippen LogP contribution in [0.4, 0.5) is 10.5 Å². The van der Waals surface area contributed by atoms with Crippen LogP contribution < -0.4 is 10.6 Å². The average Bonchev–Trinajstić information content (AvgIpc) is 2.84. The third-order valence-corrected chi connectivity index (χ3v) is 4.31. The summed E-state index contributed by atoms with van der Waals surface area (Å²) in [7, 11) is 0. The SMILES string of the molecule is CC[C@]1(C)NC(=O)N(CC(=O)OCC(=O)Nc2cc(Cl)ccc2C#N)C1=O. The Morgan fingerprint density at radius 2 is 2.11 bits per heavy atom. The number of amides is 4. The van der Waals surface area contributed by atoms with E-state index in [9.17, 15) is 19.2 Å². The molecule has 1 atom stereocenters. The summed E-state index contributed by atoms with van der Waals surface area (Å²) in [6, 6.07) is 5.53. The number of urea groups is 1. The fourth-order valence-electron chi connectivity index (χ4n) is 2.35. The number of ether oxygens (including phenoxy) is 1. The molecule has 1 heterocycles. The van der Waals surface area contributed by atoms with Crippen molar-refractivity contribution in [3.05, 3.63) is 28.8 Å². The fraction of sp³-hybridized carbons (Fsp3) is 0.353. The van der Waals surface area contributed by atoms with Crippen molar-refractivity contribution in [3.63, 3.8) is 0 Å². The van der Waals surface area contributed by atoms with Gasteiger partial charge in [0.1, 0.15) is 18.2 Å². The highest BCUT2D eigenvalue weighted by Crippen LogP contribution is 2.21. The number of imide groups is 1. The molecule has 0 saturated carbocycles. The van der Waals surface area contributed by atoms with Crippen LogP contribution in [0.3, 0.4) is 0 Å². The number of hydrogen-bond donors (Lipinski definition) is 2. The minimum atomic E-state index is -1.06. The molecule has 0 radical (unpaired) electrons. The van der Waals surface area contributed by atoms with E-state index < -0.39 is 42.5 Å². The van der Waals surface area contributed by atoms with Gasteiger partial charge in [-0.25, -0.2) is 4.79 Å². The number of rotatable bonds is 6. The molecule has 0 unspecified atom stereocenters. The van der Waals surface area contributed by atoms with Crippen LogP contribution in [0.25, 0.3) is 0 Å². The molecule has 9 nitrogen and oxygen atoms in total. The van der Waals surface area contributed by atoms with E-state index in [0.29, 0.717) is 11.4 Å². The summed E-state index contributed by atoms with van der Waals surface area (Å²) < 4.78 is 4.80. The first-order chi connectivity index (χ1) is 12.7. The van der Waals surface area contributed by atoms with Gasteiger partial charge >= 0.3 is 12.0 Å². The van der Waals surface area contributed by atoms with Crippen LogP contribution in [0.1, 0.15) is 25.8 Å². The van der Waals surface area contributed by atoms with Crippen LogP contribution in [-0.2, 0) is 19.1 Å². The lowest BCUT2D eigenvalue weighted by molar-refractivity contribution is -0.150. The molecule has 10 heteroatoms. The van der Waals surface area contributed by atoms with Crippen molar-refractivity contribution < 1.29 is 23.9 Å². The van der Waals surface area contributed by atoms with Crippen molar-refractivity contribution in [1.29, 1.82) is 5.26 Å². The number of carbonyl (C=O) groups excluding carboxylic acids is 4. The average molecular weight is 393 g/mol. The molecule has 4 amide bonds. The van der Waals surface area contributed by atoms with E-state index in [2.05, 4.69) is 10.6 Å². The molecule has 1 saturated heterocycles. The second-order valence-electron chi connectivity index (χ2n) is 6.02. The zero-order valence-corrected chi connectivity index (χ0v) is 15.4. The summed E-state index contributed by atoms with van der Waals surface area (Å²) in [5.74, 6) is -2.15. The predicted octanol–water partition coefficient (Wildman–Crippen LogP) is 1.41. The van der Waals surface area contributed by atoms with Crippen LogP contribution in [-0.4, -0.2) is 47.4 Å². The van der Waals surface area contributed by atoms with Crippen molar-refractivity contribution in [1.82, 2.24) is 10.2 Å². The highest BCUT2D eigenvalue weighted by Gasteiger charge is 2.47. The quantitative estimate of drug-likeness (QED) is 0.556. The highest BCUT2D eigenvalue weighted by atomic mass is 35.5. The van der Waals surface area contributed by atoms with Crippen molar-refractivity contribution in [2.45, 2.75) is 25.8 Å². The molecular formula is C17H17ClN4O5. The second kappa shape index (κ2) is 8.05. The van der Waals surface area contributed by atoms with Gasteiger partial charge in [-0.2, -0.15) is 5.26 Å². The molecule has 0 bridgehead atoms. The number of halogens is 1. The Morgan fingerprint density at radius 1 is 1.41 bits per heavy atom. The molecule has 2 rings (SSSR count). The van der Waals surface area contributed by atoms with E-state index in [1.807, 2.05) is 6.07 Å². The minimum absolute atomic E-state index is 0.179. The van der Waals surface area contributed by atoms with Gasteiger partial charge in [0.2, 0.25) is 0 Å². The number of benzene rings is 1. The lowest BCUT2D eigenvalue weighted by Crippen LogP contribution is -2.43. The van der Waals surface area contributed by atoms with Gasteiger partial charge in [0, 0.05) is 5.02 Å². The van der Waals surface area contributed by atoms with Crippen LogP contribution in [0.5, 0.6) is 0 Å². The maximum atomic E-state index is 12.2. The number of carbonyl (C=O) groups is 4. The Kier molecular flexibility index (Phi) is 6.02. The van der Waals surface area contributed by atoms with Gasteiger partial charge in [-0.3, -0.25) is 19.3 Å². The molecular weight excluding hydrogens is 376 g/mol. The maximum absolute atomic E-state index is 12.2. The minimum Gasteiger partial charge on any atom is -0.454 e. The van der Waals surface area contributed by atoms with E-state index in [1.165, 1.54) is 18.2 Å². The van der Waals surface area contributed by atoms with Gasteiger partial charge in [-0.1, -0.05) is 18.5 Å². The van der Waals surface area contributed by atoms with E-state index in [-0.39, 0.29) is 11.3 Å². The summed E-state index contributed by atoms with van der Waals surface area (Å²) in [6.07, 6.45) is 0.367. The molecule has 0 aromatic heterocycles. The lowest BCUT2D eigenvalue weighted by atomic mass is 9.99. The van der Waals surface area contributed by atoms with Gasteiger partial charge in [0.15, 0.2) is 6.61 Å². The molecule has 1 aliphatic rings. The zero-order valence-electron chi connectivity index (χ0n) is 14.7. The van der Waals surface area contributed by atoms with E-state index in [0.717, 1.165) is 4.90 Å². The first-order valence-corrected chi connectivity index (χ1v) is 8.37. The van der Waals surface area contributed by atoms with Gasteiger partial charge in [-0.15, -0.1) is 0 Å². The Hall–Kier alpha value is -3.12. The topological polar surface area (TPSA) is 129 Å². The normalized spacial score (nSPS) is 18.7. The van der Waals surface area contributed by atoms with E-state index in [4.69, 9.17) is 21.6 Å². The van der Waals surface area contributed by atoms with E-state index >= 15 is 0 Å². The summed E-state index contributed by atoms with van der Waals surface area (Å²) in [5, 5.41) is 14.2. The van der Waals surface area contributed by atoms with Gasteiger partial charge in [0.05, 0.1) is 11.3 Å². The molecule has 0 aliphatic carbocycles. The molecule has 2 N–H and O–H groups in total.